The van der Waals surface area contributed by atoms with E-state index in [0.717, 1.165) is 6.04 Å². The Kier molecular flexibility index (Phi) is 4.02. The number of hydrogen-bond acceptors (Lipinski definition) is 2. The highest BCUT2D eigenvalue weighted by molar-refractivity contribution is 4.83. The van der Waals surface area contributed by atoms with E-state index in [1.807, 2.05) is 0 Å². The summed E-state index contributed by atoms with van der Waals surface area (Å²) in [6, 6.07) is 1.46. The van der Waals surface area contributed by atoms with Crippen molar-refractivity contribution in [1.29, 1.82) is 0 Å². The van der Waals surface area contributed by atoms with Gasteiger partial charge < -0.3 is 10.2 Å². The Bertz CT molecular complexity index is 123. The highest BCUT2D eigenvalue weighted by Crippen LogP contribution is 2.20. The third-order valence-corrected chi connectivity index (χ3v) is 3.01. The summed E-state index contributed by atoms with van der Waals surface area (Å²) < 4.78 is 0. The first-order valence-corrected chi connectivity index (χ1v) is 5.09. The zero-order chi connectivity index (χ0) is 8.97. The van der Waals surface area contributed by atoms with E-state index < -0.39 is 0 Å². The number of hydrogen-bond donors (Lipinski definition) is 1. The average Bonchev–Trinajstić information content (AvgIpc) is 2.27. The molecule has 0 saturated heterocycles. The minimum Gasteiger partial charge on any atom is -0.315 e. The van der Waals surface area contributed by atoms with Gasteiger partial charge in [-0.25, -0.2) is 0 Å². The van der Waals surface area contributed by atoms with E-state index in [2.05, 4.69) is 31.4 Å². The zero-order valence-electron chi connectivity index (χ0n) is 8.64. The van der Waals surface area contributed by atoms with E-state index in [9.17, 15) is 0 Å². The van der Waals surface area contributed by atoms with Crippen molar-refractivity contribution >= 4 is 0 Å². The quantitative estimate of drug-likeness (QED) is 0.631. The number of nitrogens with zero attached hydrogens (tertiary/aromatic N) is 1. The van der Waals surface area contributed by atoms with Gasteiger partial charge in [0.25, 0.3) is 0 Å². The zero-order valence-corrected chi connectivity index (χ0v) is 8.64. The lowest BCUT2D eigenvalue weighted by molar-refractivity contribution is 0.223. The van der Waals surface area contributed by atoms with Crippen LogP contribution in [0.15, 0.2) is 0 Å². The lowest BCUT2D eigenvalue weighted by Gasteiger charge is -2.30. The highest BCUT2D eigenvalue weighted by Gasteiger charge is 2.23. The Balaban J connectivity index is 2.51. The Morgan fingerprint density at radius 3 is 2.33 bits per heavy atom. The van der Waals surface area contributed by atoms with Crippen molar-refractivity contribution in [2.45, 2.75) is 44.2 Å². The van der Waals surface area contributed by atoms with Gasteiger partial charge in [-0.15, -0.1) is 0 Å². The van der Waals surface area contributed by atoms with E-state index in [4.69, 9.17) is 0 Å². The topological polar surface area (TPSA) is 15.3 Å². The molecule has 0 aromatic carbocycles. The molecule has 1 saturated carbocycles. The molecule has 1 aliphatic carbocycles. The molecule has 2 unspecified atom stereocenters. The van der Waals surface area contributed by atoms with Gasteiger partial charge in [-0.3, -0.25) is 0 Å². The summed E-state index contributed by atoms with van der Waals surface area (Å²) in [5, 5.41) is 3.43. The molecule has 0 aromatic heterocycles. The molecule has 2 nitrogen and oxygen atoms in total. The van der Waals surface area contributed by atoms with Crippen molar-refractivity contribution in [2.75, 3.05) is 21.1 Å². The molecular formula is C10H22N2. The molecule has 1 rings (SSSR count). The standard InChI is InChI=1S/C10H22N2/c1-11-9-7-5-4-6-8-10(9)12(2)3/h9-11H,4-8H2,1-3H3. The predicted octanol–water partition coefficient (Wildman–Crippen LogP) is 1.47. The van der Waals surface area contributed by atoms with Gasteiger partial charge in [0.15, 0.2) is 0 Å². The van der Waals surface area contributed by atoms with Crippen molar-refractivity contribution in [3.63, 3.8) is 0 Å². The predicted molar refractivity (Wildman–Crippen MR) is 53.4 cm³/mol. The van der Waals surface area contributed by atoms with Crippen molar-refractivity contribution in [2.24, 2.45) is 0 Å². The molecule has 2 atom stereocenters. The van der Waals surface area contributed by atoms with Crippen LogP contribution in [0.1, 0.15) is 32.1 Å². The van der Waals surface area contributed by atoms with Crippen molar-refractivity contribution < 1.29 is 0 Å². The minimum absolute atomic E-state index is 0.711. The van der Waals surface area contributed by atoms with Gasteiger partial charge in [-0.2, -0.15) is 0 Å². The van der Waals surface area contributed by atoms with Crippen LogP contribution in [0.3, 0.4) is 0 Å². The lowest BCUT2D eigenvalue weighted by Crippen LogP contribution is -2.45. The third kappa shape index (κ3) is 2.46. The van der Waals surface area contributed by atoms with Crippen LogP contribution in [0.2, 0.25) is 0 Å². The Labute approximate surface area is 76.3 Å². The fraction of sp³-hybridized carbons (Fsp3) is 1.00. The number of nitrogens with one attached hydrogen (secondary N) is 1. The SMILES string of the molecule is CNC1CCCCCC1N(C)C. The van der Waals surface area contributed by atoms with Crippen LogP contribution in [0.25, 0.3) is 0 Å². The van der Waals surface area contributed by atoms with E-state index >= 15 is 0 Å². The Morgan fingerprint density at radius 1 is 1.08 bits per heavy atom. The number of rotatable bonds is 2. The van der Waals surface area contributed by atoms with Crippen LogP contribution >= 0.6 is 0 Å². The summed E-state index contributed by atoms with van der Waals surface area (Å²) in [6.07, 6.45) is 6.93. The molecule has 1 fully saturated rings. The van der Waals surface area contributed by atoms with Gasteiger partial charge in [-0.1, -0.05) is 19.3 Å². The third-order valence-electron chi connectivity index (χ3n) is 3.01. The molecule has 2 heteroatoms. The van der Waals surface area contributed by atoms with Crippen LogP contribution in [0.5, 0.6) is 0 Å². The maximum atomic E-state index is 3.43. The molecule has 0 bridgehead atoms. The van der Waals surface area contributed by atoms with Gasteiger partial charge in [0.2, 0.25) is 0 Å². The van der Waals surface area contributed by atoms with Gasteiger partial charge in [-0.05, 0) is 34.0 Å². The molecule has 1 aliphatic rings. The number of likely N-dealkylation sites (N-methyl/N-ethyl adjacent to an activating group) is 2. The summed E-state index contributed by atoms with van der Waals surface area (Å²) in [7, 11) is 6.48. The summed E-state index contributed by atoms with van der Waals surface area (Å²) in [4.78, 5) is 2.37. The second kappa shape index (κ2) is 4.83. The Morgan fingerprint density at radius 2 is 1.75 bits per heavy atom. The van der Waals surface area contributed by atoms with Gasteiger partial charge in [0, 0.05) is 12.1 Å². The van der Waals surface area contributed by atoms with Crippen LogP contribution in [-0.4, -0.2) is 38.1 Å². The maximum Gasteiger partial charge on any atom is 0.0243 e. The van der Waals surface area contributed by atoms with Crippen molar-refractivity contribution in [3.8, 4) is 0 Å². The molecule has 1 N–H and O–H groups in total. The van der Waals surface area contributed by atoms with E-state index in [1.165, 1.54) is 32.1 Å². The molecule has 0 aromatic rings. The summed E-state index contributed by atoms with van der Waals surface area (Å²) in [6.45, 7) is 0. The molecule has 0 amide bonds. The van der Waals surface area contributed by atoms with E-state index in [0.29, 0.717) is 6.04 Å². The van der Waals surface area contributed by atoms with Crippen LogP contribution in [-0.2, 0) is 0 Å². The first-order valence-electron chi connectivity index (χ1n) is 5.09. The average molecular weight is 170 g/mol. The van der Waals surface area contributed by atoms with E-state index in [1.54, 1.807) is 0 Å². The molecule has 0 aliphatic heterocycles. The lowest BCUT2D eigenvalue weighted by atomic mass is 10.0. The fourth-order valence-electron chi connectivity index (χ4n) is 2.24. The van der Waals surface area contributed by atoms with Crippen LogP contribution in [0, 0.1) is 0 Å². The van der Waals surface area contributed by atoms with Crippen molar-refractivity contribution in [1.82, 2.24) is 10.2 Å². The Hall–Kier alpha value is -0.0800. The second-order valence-corrected chi connectivity index (χ2v) is 4.06. The first kappa shape index (κ1) is 10.0. The highest BCUT2D eigenvalue weighted by atomic mass is 15.1. The smallest absolute Gasteiger partial charge is 0.0243 e. The second-order valence-electron chi connectivity index (χ2n) is 4.06. The first-order chi connectivity index (χ1) is 5.75. The van der Waals surface area contributed by atoms with E-state index in [-0.39, 0.29) is 0 Å². The minimum atomic E-state index is 0.711. The monoisotopic (exact) mass is 170 g/mol. The van der Waals surface area contributed by atoms with Gasteiger partial charge >= 0.3 is 0 Å². The van der Waals surface area contributed by atoms with Crippen molar-refractivity contribution in [3.05, 3.63) is 0 Å². The van der Waals surface area contributed by atoms with Crippen LogP contribution in [0.4, 0.5) is 0 Å². The molecule has 0 spiro atoms. The van der Waals surface area contributed by atoms with Crippen LogP contribution < -0.4 is 5.32 Å². The maximum absolute atomic E-state index is 3.43. The van der Waals surface area contributed by atoms with Gasteiger partial charge in [0.1, 0.15) is 0 Å². The molecule has 12 heavy (non-hydrogen) atoms. The largest absolute Gasteiger partial charge is 0.315 e. The summed E-state index contributed by atoms with van der Waals surface area (Å²) >= 11 is 0. The molecule has 72 valence electrons. The summed E-state index contributed by atoms with van der Waals surface area (Å²) in [5.41, 5.74) is 0. The molecular weight excluding hydrogens is 148 g/mol. The van der Waals surface area contributed by atoms with Gasteiger partial charge in [0.05, 0.1) is 0 Å². The molecule has 0 radical (unpaired) electrons. The normalized spacial score (nSPS) is 32.0. The fourth-order valence-corrected chi connectivity index (χ4v) is 2.24. The summed E-state index contributed by atoms with van der Waals surface area (Å²) in [5.74, 6) is 0. The molecule has 0 heterocycles.